The molecule has 20 heavy (non-hydrogen) atoms. The van der Waals surface area contributed by atoms with Crippen LogP contribution < -0.4 is 4.72 Å². The average Bonchev–Trinajstić information content (AvgIpc) is 2.87. The summed E-state index contributed by atoms with van der Waals surface area (Å²) in [6.07, 6.45) is 1.94. The molecular formula is C13H17BrClNO3S. The molecule has 0 aliphatic carbocycles. The summed E-state index contributed by atoms with van der Waals surface area (Å²) in [6, 6.07) is 4.57. The molecule has 7 heteroatoms. The maximum Gasteiger partial charge on any atom is 0.240 e. The van der Waals surface area contributed by atoms with Crippen LogP contribution in [0.4, 0.5) is 0 Å². The second-order valence-electron chi connectivity index (χ2n) is 4.79. The third-order valence-corrected chi connectivity index (χ3v) is 6.12. The first-order valence-electron chi connectivity index (χ1n) is 6.50. The Labute approximate surface area is 133 Å². The highest BCUT2D eigenvalue weighted by Crippen LogP contribution is 2.26. The molecule has 0 saturated carbocycles. The van der Waals surface area contributed by atoms with Crippen molar-refractivity contribution in [3.05, 3.63) is 27.7 Å². The van der Waals surface area contributed by atoms with Crippen molar-refractivity contribution in [3.8, 4) is 0 Å². The molecule has 1 aromatic carbocycles. The lowest BCUT2D eigenvalue weighted by atomic mass is 10.0. The summed E-state index contributed by atoms with van der Waals surface area (Å²) in [6.45, 7) is 3.16. The van der Waals surface area contributed by atoms with Gasteiger partial charge in [0.2, 0.25) is 10.0 Å². The van der Waals surface area contributed by atoms with E-state index in [1.807, 2.05) is 6.92 Å². The van der Waals surface area contributed by atoms with Crippen LogP contribution in [0.2, 0.25) is 5.02 Å². The first-order chi connectivity index (χ1) is 9.44. The highest BCUT2D eigenvalue weighted by atomic mass is 79.9. The average molecular weight is 383 g/mol. The van der Waals surface area contributed by atoms with Gasteiger partial charge in [-0.2, -0.15) is 0 Å². The normalized spacial score (nSPS) is 23.1. The van der Waals surface area contributed by atoms with Gasteiger partial charge in [0.25, 0.3) is 0 Å². The van der Waals surface area contributed by atoms with Gasteiger partial charge >= 0.3 is 0 Å². The molecule has 1 saturated heterocycles. The Morgan fingerprint density at radius 2 is 2.25 bits per heavy atom. The van der Waals surface area contributed by atoms with Crippen molar-refractivity contribution in [3.63, 3.8) is 0 Å². The van der Waals surface area contributed by atoms with E-state index in [1.165, 1.54) is 12.1 Å². The smallest absolute Gasteiger partial charge is 0.240 e. The van der Waals surface area contributed by atoms with Gasteiger partial charge in [-0.25, -0.2) is 13.1 Å². The fourth-order valence-electron chi connectivity index (χ4n) is 2.32. The number of rotatable bonds is 5. The zero-order valence-corrected chi connectivity index (χ0v) is 14.3. The Bertz CT molecular complexity index is 579. The number of hydrogen-bond acceptors (Lipinski definition) is 3. The van der Waals surface area contributed by atoms with Crippen LogP contribution in [0.5, 0.6) is 0 Å². The van der Waals surface area contributed by atoms with Crippen molar-refractivity contribution < 1.29 is 13.2 Å². The molecular weight excluding hydrogens is 366 g/mol. The maximum atomic E-state index is 12.2. The second-order valence-corrected chi connectivity index (χ2v) is 7.82. The minimum Gasteiger partial charge on any atom is -0.378 e. The van der Waals surface area contributed by atoms with Gasteiger partial charge in [-0.1, -0.05) is 18.5 Å². The van der Waals surface area contributed by atoms with Gasteiger partial charge in [0.1, 0.15) is 0 Å². The van der Waals surface area contributed by atoms with Crippen molar-refractivity contribution in [2.75, 3.05) is 13.2 Å². The molecule has 4 nitrogen and oxygen atoms in total. The lowest BCUT2D eigenvalue weighted by Crippen LogP contribution is -2.32. The topological polar surface area (TPSA) is 55.4 Å². The van der Waals surface area contributed by atoms with Crippen molar-refractivity contribution in [1.82, 2.24) is 4.72 Å². The van der Waals surface area contributed by atoms with Gasteiger partial charge in [-0.3, -0.25) is 0 Å². The SMILES string of the molecule is CCC1OCCC1CNS(=O)(=O)c1ccc(Cl)c(Br)c1. The van der Waals surface area contributed by atoms with Gasteiger partial charge in [0.15, 0.2) is 0 Å². The number of sulfonamides is 1. The summed E-state index contributed by atoms with van der Waals surface area (Å²) in [5.74, 6) is 0.241. The van der Waals surface area contributed by atoms with Gasteiger partial charge in [0, 0.05) is 23.5 Å². The fourth-order valence-corrected chi connectivity index (χ4v) is 4.09. The van der Waals surface area contributed by atoms with Crippen LogP contribution in [0, 0.1) is 5.92 Å². The summed E-state index contributed by atoms with van der Waals surface area (Å²) in [5, 5.41) is 0.485. The Morgan fingerprint density at radius 3 is 2.90 bits per heavy atom. The Kier molecular flexibility index (Phi) is 5.48. The quantitative estimate of drug-likeness (QED) is 0.851. The van der Waals surface area contributed by atoms with Gasteiger partial charge in [0.05, 0.1) is 16.0 Å². The molecule has 0 radical (unpaired) electrons. The largest absolute Gasteiger partial charge is 0.378 e. The number of halogens is 2. The highest BCUT2D eigenvalue weighted by molar-refractivity contribution is 9.10. The van der Waals surface area contributed by atoms with Crippen molar-refractivity contribution >= 4 is 37.6 Å². The number of ether oxygens (including phenoxy) is 1. The molecule has 1 fully saturated rings. The van der Waals surface area contributed by atoms with Gasteiger partial charge in [-0.15, -0.1) is 0 Å². The van der Waals surface area contributed by atoms with Gasteiger partial charge < -0.3 is 4.74 Å². The zero-order valence-electron chi connectivity index (χ0n) is 11.1. The molecule has 112 valence electrons. The van der Waals surface area contributed by atoms with E-state index >= 15 is 0 Å². The molecule has 1 aromatic rings. The molecule has 2 unspecified atom stereocenters. The predicted octanol–water partition coefficient (Wildman–Crippen LogP) is 3.20. The third kappa shape index (κ3) is 3.74. The van der Waals surface area contributed by atoms with Crippen LogP contribution >= 0.6 is 27.5 Å². The molecule has 0 bridgehead atoms. The van der Waals surface area contributed by atoms with Crippen LogP contribution in [0.3, 0.4) is 0 Å². The van der Waals surface area contributed by atoms with E-state index in [0.29, 0.717) is 22.6 Å². The van der Waals surface area contributed by atoms with Crippen LogP contribution in [0.1, 0.15) is 19.8 Å². The molecule has 2 rings (SSSR count). The molecule has 0 spiro atoms. The van der Waals surface area contributed by atoms with Crippen LogP contribution in [-0.2, 0) is 14.8 Å². The second kappa shape index (κ2) is 6.75. The number of hydrogen-bond donors (Lipinski definition) is 1. The molecule has 1 N–H and O–H groups in total. The predicted molar refractivity (Wildman–Crippen MR) is 82.5 cm³/mol. The minimum absolute atomic E-state index is 0.148. The first kappa shape index (κ1) is 16.2. The van der Waals surface area contributed by atoms with Crippen molar-refractivity contribution in [2.24, 2.45) is 5.92 Å². The van der Waals surface area contributed by atoms with E-state index in [9.17, 15) is 8.42 Å². The monoisotopic (exact) mass is 381 g/mol. The van der Waals surface area contributed by atoms with E-state index < -0.39 is 10.0 Å². The Morgan fingerprint density at radius 1 is 1.50 bits per heavy atom. The number of benzene rings is 1. The maximum absolute atomic E-state index is 12.2. The molecule has 1 aliphatic rings. The van der Waals surface area contributed by atoms with Crippen molar-refractivity contribution in [1.29, 1.82) is 0 Å². The molecule has 0 aromatic heterocycles. The van der Waals surface area contributed by atoms with Gasteiger partial charge in [-0.05, 0) is 47.0 Å². The van der Waals surface area contributed by atoms with E-state index in [-0.39, 0.29) is 16.9 Å². The zero-order chi connectivity index (χ0) is 14.8. The highest BCUT2D eigenvalue weighted by Gasteiger charge is 2.28. The van der Waals surface area contributed by atoms with E-state index in [4.69, 9.17) is 16.3 Å². The summed E-state index contributed by atoms with van der Waals surface area (Å²) in [5.41, 5.74) is 0. The summed E-state index contributed by atoms with van der Waals surface area (Å²) in [4.78, 5) is 0.209. The fraction of sp³-hybridized carbons (Fsp3) is 0.538. The number of nitrogens with one attached hydrogen (secondary N) is 1. The van der Waals surface area contributed by atoms with E-state index in [0.717, 1.165) is 12.8 Å². The summed E-state index contributed by atoms with van der Waals surface area (Å²) >= 11 is 9.10. The van der Waals surface area contributed by atoms with Crippen molar-refractivity contribution in [2.45, 2.75) is 30.8 Å². The Hall–Kier alpha value is -0.140. The summed E-state index contributed by atoms with van der Waals surface area (Å²) < 4.78 is 33.2. The van der Waals surface area contributed by atoms with Crippen LogP contribution in [0.25, 0.3) is 0 Å². The minimum atomic E-state index is -3.51. The molecule has 1 aliphatic heterocycles. The Balaban J connectivity index is 2.05. The lowest BCUT2D eigenvalue weighted by Gasteiger charge is -2.17. The lowest BCUT2D eigenvalue weighted by molar-refractivity contribution is 0.0884. The molecule has 2 atom stereocenters. The molecule has 0 amide bonds. The van der Waals surface area contributed by atoms with E-state index in [1.54, 1.807) is 6.07 Å². The van der Waals surface area contributed by atoms with Crippen LogP contribution in [-0.4, -0.2) is 27.7 Å². The summed E-state index contributed by atoms with van der Waals surface area (Å²) in [7, 11) is -3.51. The van der Waals surface area contributed by atoms with E-state index in [2.05, 4.69) is 20.7 Å². The van der Waals surface area contributed by atoms with Crippen LogP contribution in [0.15, 0.2) is 27.6 Å². The third-order valence-electron chi connectivity index (χ3n) is 3.49. The first-order valence-corrected chi connectivity index (χ1v) is 9.15. The standard InChI is InChI=1S/C13H17BrClNO3S/c1-2-13-9(5-6-19-13)8-16-20(17,18)10-3-4-12(15)11(14)7-10/h3-4,7,9,13,16H,2,5-6,8H2,1H3. The molecule has 1 heterocycles.